The molecule has 0 aliphatic carbocycles. The van der Waals surface area contributed by atoms with Crippen molar-refractivity contribution in [1.82, 2.24) is 9.55 Å². The number of fused-ring (bicyclic) bond motifs is 1. The van der Waals surface area contributed by atoms with Gasteiger partial charge in [0.25, 0.3) is 5.56 Å². The molecule has 0 radical (unpaired) electrons. The van der Waals surface area contributed by atoms with Crippen LogP contribution in [-0.2, 0) is 7.05 Å². The Kier molecular flexibility index (Phi) is 4.31. The minimum Gasteiger partial charge on any atom is -0.504 e. The zero-order chi connectivity index (χ0) is 18.0. The SMILES string of the molecule is C=C/C=C(\C=C)Oc1c(O)cccc1-c1cn(C)c(=O)c2[nH]ccc12. The Labute approximate surface area is 144 Å². The number of aryl methyl sites for hydroxylation is 1. The molecular weight excluding hydrogens is 316 g/mol. The summed E-state index contributed by atoms with van der Waals surface area (Å²) >= 11 is 0. The molecule has 0 aliphatic heterocycles. The highest BCUT2D eigenvalue weighted by molar-refractivity contribution is 5.96. The van der Waals surface area contributed by atoms with Crippen molar-refractivity contribution < 1.29 is 9.84 Å². The molecule has 0 spiro atoms. The van der Waals surface area contributed by atoms with Crippen molar-refractivity contribution >= 4 is 10.9 Å². The molecular formula is C20H18N2O3. The first-order chi connectivity index (χ1) is 12.1. The topological polar surface area (TPSA) is 67.2 Å². The molecule has 1 aromatic carbocycles. The average molecular weight is 334 g/mol. The van der Waals surface area contributed by atoms with Gasteiger partial charge in [0.1, 0.15) is 11.3 Å². The Balaban J connectivity index is 2.28. The first-order valence-corrected chi connectivity index (χ1v) is 7.69. The number of benzene rings is 1. The molecule has 126 valence electrons. The number of para-hydroxylation sites is 1. The average Bonchev–Trinajstić information content (AvgIpc) is 3.09. The molecule has 0 fully saturated rings. The predicted octanol–water partition coefficient (Wildman–Crippen LogP) is 3.87. The summed E-state index contributed by atoms with van der Waals surface area (Å²) in [6, 6.07) is 6.93. The van der Waals surface area contributed by atoms with E-state index in [1.807, 2.05) is 12.1 Å². The third-order valence-electron chi connectivity index (χ3n) is 3.88. The second kappa shape index (κ2) is 6.57. The van der Waals surface area contributed by atoms with Gasteiger partial charge >= 0.3 is 0 Å². The van der Waals surface area contributed by atoms with E-state index in [9.17, 15) is 9.90 Å². The molecule has 0 bridgehead atoms. The van der Waals surface area contributed by atoms with Crippen LogP contribution < -0.4 is 10.3 Å². The van der Waals surface area contributed by atoms with Gasteiger partial charge in [-0.25, -0.2) is 0 Å². The quantitative estimate of drug-likeness (QED) is 0.550. The largest absolute Gasteiger partial charge is 0.504 e. The monoisotopic (exact) mass is 334 g/mol. The van der Waals surface area contributed by atoms with Gasteiger partial charge in [-0.05, 0) is 24.3 Å². The van der Waals surface area contributed by atoms with Crippen molar-refractivity contribution in [2.24, 2.45) is 7.05 Å². The number of aromatic amines is 1. The first kappa shape index (κ1) is 16.4. The summed E-state index contributed by atoms with van der Waals surface area (Å²) in [5, 5.41) is 11.1. The number of hydrogen-bond donors (Lipinski definition) is 2. The third-order valence-corrected chi connectivity index (χ3v) is 3.88. The van der Waals surface area contributed by atoms with Crippen LogP contribution in [0, 0.1) is 0 Å². The first-order valence-electron chi connectivity index (χ1n) is 7.69. The molecule has 2 aromatic heterocycles. The molecule has 2 heterocycles. The van der Waals surface area contributed by atoms with Gasteiger partial charge in [-0.1, -0.05) is 31.4 Å². The van der Waals surface area contributed by atoms with Crippen LogP contribution in [-0.4, -0.2) is 14.7 Å². The van der Waals surface area contributed by atoms with Crippen molar-refractivity contribution in [3.8, 4) is 22.6 Å². The number of ether oxygens (including phenoxy) is 1. The van der Waals surface area contributed by atoms with Crippen molar-refractivity contribution in [2.45, 2.75) is 0 Å². The van der Waals surface area contributed by atoms with Gasteiger partial charge in [-0.2, -0.15) is 0 Å². The fourth-order valence-electron chi connectivity index (χ4n) is 2.71. The standard InChI is InChI=1S/C20H18N2O3/c1-4-7-13(5-2)25-19-15(8-6-9-17(19)23)16-12-22(3)20(24)18-14(16)10-11-21-18/h4-12,21,23H,1-2H2,3H3/b13-7+. The molecule has 0 saturated heterocycles. The molecule has 0 atom stereocenters. The number of aromatic nitrogens is 2. The fourth-order valence-corrected chi connectivity index (χ4v) is 2.71. The van der Waals surface area contributed by atoms with Crippen molar-refractivity contribution in [3.05, 3.63) is 84.2 Å². The number of allylic oxidation sites excluding steroid dienone is 3. The summed E-state index contributed by atoms with van der Waals surface area (Å²) in [5.41, 5.74) is 1.81. The lowest BCUT2D eigenvalue weighted by atomic mass is 10.0. The molecule has 2 N–H and O–H groups in total. The molecule has 5 nitrogen and oxygen atoms in total. The van der Waals surface area contributed by atoms with E-state index in [1.165, 1.54) is 10.6 Å². The molecule has 0 amide bonds. The number of hydrogen-bond acceptors (Lipinski definition) is 3. The van der Waals surface area contributed by atoms with Gasteiger partial charge in [0.15, 0.2) is 11.5 Å². The van der Waals surface area contributed by atoms with Gasteiger partial charge in [-0.3, -0.25) is 4.79 Å². The summed E-state index contributed by atoms with van der Waals surface area (Å²) in [4.78, 5) is 15.2. The lowest BCUT2D eigenvalue weighted by Crippen LogP contribution is -2.16. The number of phenolic OH excluding ortho intramolecular Hbond substituents is 1. The number of aromatic hydroxyl groups is 1. The summed E-state index contributed by atoms with van der Waals surface area (Å²) in [7, 11) is 1.68. The Morgan fingerprint density at radius 1 is 1.28 bits per heavy atom. The van der Waals surface area contributed by atoms with E-state index in [0.717, 1.165) is 10.9 Å². The van der Waals surface area contributed by atoms with E-state index in [4.69, 9.17) is 4.74 Å². The zero-order valence-corrected chi connectivity index (χ0v) is 13.8. The summed E-state index contributed by atoms with van der Waals surface area (Å²) < 4.78 is 7.34. The third kappa shape index (κ3) is 2.87. The highest BCUT2D eigenvalue weighted by Crippen LogP contribution is 2.40. The van der Waals surface area contributed by atoms with E-state index in [-0.39, 0.29) is 17.1 Å². The summed E-state index contributed by atoms with van der Waals surface area (Å²) in [5.74, 6) is 0.733. The molecule has 5 heteroatoms. The Morgan fingerprint density at radius 2 is 2.08 bits per heavy atom. The lowest BCUT2D eigenvalue weighted by molar-refractivity contribution is 0.394. The van der Waals surface area contributed by atoms with E-state index >= 15 is 0 Å². The lowest BCUT2D eigenvalue weighted by Gasteiger charge is -2.15. The van der Waals surface area contributed by atoms with E-state index < -0.39 is 0 Å². The van der Waals surface area contributed by atoms with E-state index in [1.54, 1.807) is 43.7 Å². The minimum absolute atomic E-state index is 0.00755. The van der Waals surface area contributed by atoms with Crippen LogP contribution in [0.15, 0.2) is 78.6 Å². The highest BCUT2D eigenvalue weighted by Gasteiger charge is 2.17. The van der Waals surface area contributed by atoms with Crippen LogP contribution in [0.4, 0.5) is 0 Å². The number of H-pyrrole nitrogens is 1. The number of nitrogens with one attached hydrogen (secondary N) is 1. The fraction of sp³-hybridized carbons (Fsp3) is 0.0500. The second-order valence-electron chi connectivity index (χ2n) is 5.49. The minimum atomic E-state index is -0.121. The maximum absolute atomic E-state index is 12.3. The molecule has 0 unspecified atom stereocenters. The number of pyridine rings is 1. The Bertz CT molecular complexity index is 1050. The summed E-state index contributed by atoms with van der Waals surface area (Å²) in [6.45, 7) is 7.34. The van der Waals surface area contributed by atoms with Crippen molar-refractivity contribution in [2.75, 3.05) is 0 Å². The van der Waals surface area contributed by atoms with Crippen LogP contribution in [0.5, 0.6) is 11.5 Å². The maximum Gasteiger partial charge on any atom is 0.274 e. The van der Waals surface area contributed by atoms with Gasteiger partial charge in [-0.15, -0.1) is 0 Å². The highest BCUT2D eigenvalue weighted by atomic mass is 16.5. The predicted molar refractivity (Wildman–Crippen MR) is 99.7 cm³/mol. The van der Waals surface area contributed by atoms with Gasteiger partial charge in [0.05, 0.1) is 0 Å². The normalized spacial score (nSPS) is 11.5. The smallest absolute Gasteiger partial charge is 0.274 e. The number of phenols is 1. The van der Waals surface area contributed by atoms with Crippen molar-refractivity contribution in [3.63, 3.8) is 0 Å². The van der Waals surface area contributed by atoms with Crippen molar-refractivity contribution in [1.29, 1.82) is 0 Å². The van der Waals surface area contributed by atoms with E-state index in [0.29, 0.717) is 16.8 Å². The van der Waals surface area contributed by atoms with Gasteiger partial charge in [0.2, 0.25) is 0 Å². The van der Waals surface area contributed by atoms with Gasteiger partial charge < -0.3 is 19.4 Å². The van der Waals surface area contributed by atoms with Crippen LogP contribution in [0.25, 0.3) is 22.0 Å². The Morgan fingerprint density at radius 3 is 2.80 bits per heavy atom. The number of nitrogens with zero attached hydrogens (tertiary/aromatic N) is 1. The van der Waals surface area contributed by atoms with Crippen LogP contribution in [0.3, 0.4) is 0 Å². The van der Waals surface area contributed by atoms with Crippen LogP contribution >= 0.6 is 0 Å². The zero-order valence-electron chi connectivity index (χ0n) is 13.8. The molecule has 0 saturated carbocycles. The van der Waals surface area contributed by atoms with Crippen LogP contribution in [0.1, 0.15) is 0 Å². The molecule has 3 aromatic rings. The van der Waals surface area contributed by atoms with Gasteiger partial charge in [0, 0.05) is 36.0 Å². The second-order valence-corrected chi connectivity index (χ2v) is 5.49. The van der Waals surface area contributed by atoms with E-state index in [2.05, 4.69) is 18.1 Å². The maximum atomic E-state index is 12.3. The molecule has 0 aliphatic rings. The number of rotatable bonds is 5. The molecule has 25 heavy (non-hydrogen) atoms. The molecule has 3 rings (SSSR count). The van der Waals surface area contributed by atoms with Crippen LogP contribution in [0.2, 0.25) is 0 Å². The summed E-state index contributed by atoms with van der Waals surface area (Å²) in [6.07, 6.45) is 8.20. The Hall–Kier alpha value is -3.47.